The lowest BCUT2D eigenvalue weighted by Gasteiger charge is -2.41. The molecule has 256 valence electrons. The van der Waals surface area contributed by atoms with Gasteiger partial charge in [-0.25, -0.2) is 0 Å². The highest BCUT2D eigenvalue weighted by atomic mass is 16.3. The lowest BCUT2D eigenvalue weighted by atomic mass is 9.84. The molecule has 0 unspecified atom stereocenters. The van der Waals surface area contributed by atoms with E-state index < -0.39 is 17.5 Å². The monoisotopic (exact) mass is 632 g/mol. The van der Waals surface area contributed by atoms with E-state index in [0.717, 1.165) is 64.5 Å². The second kappa shape index (κ2) is 15.1. The zero-order valence-electron chi connectivity index (χ0n) is 29.0. The number of likely N-dealkylation sites (N-methyl/N-ethyl adjacent to an activating group) is 2. The number of hydrogen-bond acceptors (Lipinski definition) is 7. The van der Waals surface area contributed by atoms with Crippen molar-refractivity contribution in [2.75, 3.05) is 53.4 Å². The maximum absolute atomic E-state index is 14.2. The van der Waals surface area contributed by atoms with Crippen LogP contribution >= 0.6 is 0 Å². The summed E-state index contributed by atoms with van der Waals surface area (Å²) < 4.78 is 0. The van der Waals surface area contributed by atoms with E-state index in [9.17, 15) is 24.3 Å². The number of aliphatic hydroxyl groups is 1. The fourth-order valence-corrected chi connectivity index (χ4v) is 7.99. The number of carbonyl (C=O) groups excluding carboxylic acids is 4. The molecule has 0 aromatic heterocycles. The quantitative estimate of drug-likeness (QED) is 0.378. The van der Waals surface area contributed by atoms with Crippen molar-refractivity contribution in [3.8, 4) is 0 Å². The number of nitrogens with one attached hydrogen (secondary N) is 1. The highest BCUT2D eigenvalue weighted by Crippen LogP contribution is 2.30. The number of amides is 4. The molecule has 0 aromatic carbocycles. The van der Waals surface area contributed by atoms with E-state index >= 15 is 0 Å². The van der Waals surface area contributed by atoms with E-state index in [0.29, 0.717) is 26.1 Å². The van der Waals surface area contributed by atoms with Crippen molar-refractivity contribution >= 4 is 23.6 Å². The molecule has 4 fully saturated rings. The molecule has 0 radical (unpaired) electrons. The summed E-state index contributed by atoms with van der Waals surface area (Å²) in [5, 5.41) is 12.9. The van der Waals surface area contributed by atoms with Gasteiger partial charge in [-0.3, -0.25) is 29.0 Å². The second-order valence-corrected chi connectivity index (χ2v) is 15.4. The molecule has 45 heavy (non-hydrogen) atoms. The standard InChI is InChI=1S/C34H60N6O5/c1-23(2)28(37(7)33(45)29(34(3,4)5)35-30(42)25-14-8-9-17-36(25)6)21-38-18-11-15-26(38)31(43)40-20-12-16-27(40)32(44)39-19-10-13-24(39)22-41/h23-29,41H,8-22H2,1-7H3,(H,35,42)/t24-,25+,26-,27-,28+,29+/m0/s1. The SMILES string of the molecule is CC(C)[C@@H](CN1CCC[C@H]1C(=O)N1CCC[C@H]1C(=O)N1CCC[C@H]1CO)N(C)C(=O)[C@@H](NC(=O)[C@H]1CCCCN1C)C(C)(C)C. The molecule has 4 aliphatic rings. The Morgan fingerprint density at radius 3 is 2.07 bits per heavy atom. The molecule has 4 rings (SSSR count). The van der Waals surface area contributed by atoms with E-state index in [1.165, 1.54) is 0 Å². The van der Waals surface area contributed by atoms with Gasteiger partial charge >= 0.3 is 0 Å². The van der Waals surface area contributed by atoms with Gasteiger partial charge < -0.3 is 25.1 Å². The van der Waals surface area contributed by atoms with Gasteiger partial charge in [0.1, 0.15) is 12.1 Å². The first kappa shape index (κ1) is 35.6. The predicted molar refractivity (Wildman–Crippen MR) is 174 cm³/mol. The van der Waals surface area contributed by atoms with Gasteiger partial charge in [-0.1, -0.05) is 41.0 Å². The number of nitrogens with zero attached hydrogens (tertiary/aromatic N) is 5. The molecule has 11 heteroatoms. The Kier molecular flexibility index (Phi) is 12.0. The lowest BCUT2D eigenvalue weighted by molar-refractivity contribution is -0.147. The average Bonchev–Trinajstić information content (AvgIpc) is 3.77. The molecule has 4 amide bonds. The summed E-state index contributed by atoms with van der Waals surface area (Å²) in [6, 6.07) is -1.99. The minimum atomic E-state index is -0.674. The fourth-order valence-electron chi connectivity index (χ4n) is 7.99. The molecule has 0 aliphatic carbocycles. The number of likely N-dealkylation sites (tertiary alicyclic amines) is 4. The maximum atomic E-state index is 14.2. The van der Waals surface area contributed by atoms with Crippen molar-refractivity contribution in [1.29, 1.82) is 0 Å². The minimum Gasteiger partial charge on any atom is -0.394 e. The third-order valence-corrected chi connectivity index (χ3v) is 10.8. The molecule has 2 N–H and O–H groups in total. The summed E-state index contributed by atoms with van der Waals surface area (Å²) in [4.78, 5) is 64.8. The first-order chi connectivity index (χ1) is 21.3. The molecular weight excluding hydrogens is 572 g/mol. The molecule has 4 saturated heterocycles. The first-order valence-corrected chi connectivity index (χ1v) is 17.5. The van der Waals surface area contributed by atoms with Crippen LogP contribution < -0.4 is 5.32 Å². The van der Waals surface area contributed by atoms with Crippen molar-refractivity contribution in [2.45, 2.75) is 129 Å². The van der Waals surface area contributed by atoms with Gasteiger partial charge in [0, 0.05) is 32.7 Å². The molecule has 0 bridgehead atoms. The van der Waals surface area contributed by atoms with Gasteiger partial charge in [-0.15, -0.1) is 0 Å². The summed E-state index contributed by atoms with van der Waals surface area (Å²) in [7, 11) is 3.81. The molecule has 4 aliphatic heterocycles. The van der Waals surface area contributed by atoms with Crippen LogP contribution in [0.5, 0.6) is 0 Å². The maximum Gasteiger partial charge on any atom is 0.245 e. The van der Waals surface area contributed by atoms with Crippen LogP contribution in [0.3, 0.4) is 0 Å². The van der Waals surface area contributed by atoms with Crippen LogP contribution in [0.2, 0.25) is 0 Å². The molecule has 11 nitrogen and oxygen atoms in total. The summed E-state index contributed by atoms with van der Waals surface area (Å²) in [6.45, 7) is 13.6. The Bertz CT molecular complexity index is 1060. The van der Waals surface area contributed by atoms with Crippen LogP contribution in [-0.4, -0.2) is 143 Å². The molecular formula is C34H60N6O5. The lowest BCUT2D eigenvalue weighted by Crippen LogP contribution is -2.61. The average molecular weight is 633 g/mol. The third kappa shape index (κ3) is 8.01. The molecule has 0 spiro atoms. The van der Waals surface area contributed by atoms with Gasteiger partial charge in [0.05, 0.1) is 24.7 Å². The van der Waals surface area contributed by atoms with Crippen LogP contribution in [-0.2, 0) is 19.2 Å². The van der Waals surface area contributed by atoms with Crippen LogP contribution in [0, 0.1) is 11.3 Å². The van der Waals surface area contributed by atoms with E-state index in [1.807, 2.05) is 34.9 Å². The Hall–Kier alpha value is -2.24. The number of piperidine rings is 1. The van der Waals surface area contributed by atoms with E-state index in [1.54, 1.807) is 14.7 Å². The van der Waals surface area contributed by atoms with E-state index in [2.05, 4.69) is 29.0 Å². The Morgan fingerprint density at radius 1 is 0.822 bits per heavy atom. The van der Waals surface area contributed by atoms with Gasteiger partial charge in [-0.2, -0.15) is 0 Å². The summed E-state index contributed by atoms with van der Waals surface area (Å²) in [5.74, 6) is -0.0793. The molecule has 6 atom stereocenters. The van der Waals surface area contributed by atoms with Gasteiger partial charge in [0.25, 0.3) is 0 Å². The highest BCUT2D eigenvalue weighted by molar-refractivity contribution is 5.91. The Morgan fingerprint density at radius 2 is 1.42 bits per heavy atom. The van der Waals surface area contributed by atoms with Crippen molar-refractivity contribution in [3.63, 3.8) is 0 Å². The topological polar surface area (TPSA) is 117 Å². The summed E-state index contributed by atoms with van der Waals surface area (Å²) in [6.07, 6.45) is 7.66. The molecule has 0 saturated carbocycles. The third-order valence-electron chi connectivity index (χ3n) is 10.8. The Labute approximate surface area is 271 Å². The van der Waals surface area contributed by atoms with Gasteiger partial charge in [0.15, 0.2) is 0 Å². The van der Waals surface area contributed by atoms with Crippen LogP contribution in [0.4, 0.5) is 0 Å². The van der Waals surface area contributed by atoms with Crippen molar-refractivity contribution in [1.82, 2.24) is 29.8 Å². The predicted octanol–water partition coefficient (Wildman–Crippen LogP) is 1.92. The normalized spacial score (nSPS) is 28.0. The smallest absolute Gasteiger partial charge is 0.245 e. The highest BCUT2D eigenvalue weighted by Gasteiger charge is 2.45. The largest absolute Gasteiger partial charge is 0.394 e. The number of carbonyl (C=O) groups is 4. The fraction of sp³-hybridized carbons (Fsp3) is 0.882. The molecule has 4 heterocycles. The summed E-state index contributed by atoms with van der Waals surface area (Å²) >= 11 is 0. The number of hydrogen-bond donors (Lipinski definition) is 2. The van der Waals surface area contributed by atoms with Crippen molar-refractivity contribution in [2.24, 2.45) is 11.3 Å². The van der Waals surface area contributed by atoms with Crippen molar-refractivity contribution in [3.05, 3.63) is 0 Å². The summed E-state index contributed by atoms with van der Waals surface area (Å²) in [5.41, 5.74) is -0.483. The van der Waals surface area contributed by atoms with Crippen LogP contribution in [0.25, 0.3) is 0 Å². The minimum absolute atomic E-state index is 0.0102. The van der Waals surface area contributed by atoms with Gasteiger partial charge in [-0.05, 0) is 82.8 Å². The van der Waals surface area contributed by atoms with Crippen LogP contribution in [0.1, 0.15) is 92.4 Å². The van der Waals surface area contributed by atoms with Gasteiger partial charge in [0.2, 0.25) is 23.6 Å². The van der Waals surface area contributed by atoms with E-state index in [-0.39, 0.29) is 60.3 Å². The number of aliphatic hydroxyl groups excluding tert-OH is 1. The first-order valence-electron chi connectivity index (χ1n) is 17.5. The van der Waals surface area contributed by atoms with Crippen molar-refractivity contribution < 1.29 is 24.3 Å². The van der Waals surface area contributed by atoms with E-state index in [4.69, 9.17) is 0 Å². The second-order valence-electron chi connectivity index (χ2n) is 15.4. The zero-order chi connectivity index (χ0) is 33.1. The number of rotatable bonds is 10. The zero-order valence-corrected chi connectivity index (χ0v) is 29.0. The Balaban J connectivity index is 1.45. The van der Waals surface area contributed by atoms with Crippen LogP contribution in [0.15, 0.2) is 0 Å². The molecule has 0 aromatic rings.